The van der Waals surface area contributed by atoms with Crippen LogP contribution >= 0.6 is 23.2 Å². The van der Waals surface area contributed by atoms with Crippen LogP contribution in [0, 0.1) is 17.5 Å². The molecule has 0 heterocycles. The van der Waals surface area contributed by atoms with Crippen LogP contribution in [0.25, 0.3) is 0 Å². The fourth-order valence-corrected chi connectivity index (χ4v) is 2.29. The van der Waals surface area contributed by atoms with Crippen molar-refractivity contribution < 1.29 is 17.9 Å². The van der Waals surface area contributed by atoms with Crippen LogP contribution in [0.1, 0.15) is 16.5 Å². The molecule has 2 aromatic carbocycles. The van der Waals surface area contributed by atoms with Gasteiger partial charge in [0.1, 0.15) is 23.2 Å². The number of hydrogen-bond donors (Lipinski definition) is 0. The summed E-state index contributed by atoms with van der Waals surface area (Å²) < 4.78 is 45.6. The van der Waals surface area contributed by atoms with Crippen LogP contribution in [0.2, 0.25) is 5.02 Å². The van der Waals surface area contributed by atoms with E-state index in [2.05, 4.69) is 0 Å². The molecule has 0 saturated heterocycles. The molecule has 20 heavy (non-hydrogen) atoms. The lowest BCUT2D eigenvalue weighted by Crippen LogP contribution is -2.02. The monoisotopic (exact) mass is 320 g/mol. The van der Waals surface area contributed by atoms with Crippen molar-refractivity contribution in [3.8, 4) is 5.75 Å². The van der Waals surface area contributed by atoms with E-state index in [-0.39, 0.29) is 21.9 Å². The van der Waals surface area contributed by atoms with Crippen molar-refractivity contribution in [1.29, 1.82) is 0 Å². The molecular weight excluding hydrogens is 312 g/mol. The predicted octanol–water partition coefficient (Wildman–Crippen LogP) is 5.09. The van der Waals surface area contributed by atoms with Gasteiger partial charge in [-0.15, -0.1) is 11.6 Å². The van der Waals surface area contributed by atoms with Crippen molar-refractivity contribution in [2.75, 3.05) is 7.11 Å². The minimum Gasteiger partial charge on any atom is -0.496 e. The number of methoxy groups -OCH3 is 1. The number of benzene rings is 2. The summed E-state index contributed by atoms with van der Waals surface area (Å²) in [6.45, 7) is 0. The first-order chi connectivity index (χ1) is 9.43. The van der Waals surface area contributed by atoms with E-state index in [1.54, 1.807) is 0 Å². The van der Waals surface area contributed by atoms with Crippen molar-refractivity contribution in [3.63, 3.8) is 0 Å². The lowest BCUT2D eigenvalue weighted by atomic mass is 10.0. The molecule has 106 valence electrons. The molecule has 0 amide bonds. The van der Waals surface area contributed by atoms with Gasteiger partial charge < -0.3 is 4.74 Å². The Morgan fingerprint density at radius 2 is 1.70 bits per heavy atom. The zero-order chi connectivity index (χ0) is 14.9. The molecule has 2 rings (SSSR count). The zero-order valence-electron chi connectivity index (χ0n) is 10.3. The molecule has 1 nitrogen and oxygen atoms in total. The van der Waals surface area contributed by atoms with Gasteiger partial charge in [0.15, 0.2) is 0 Å². The van der Waals surface area contributed by atoms with Crippen LogP contribution in [0.3, 0.4) is 0 Å². The number of alkyl halides is 1. The van der Waals surface area contributed by atoms with Crippen LogP contribution in [-0.2, 0) is 0 Å². The lowest BCUT2D eigenvalue weighted by Gasteiger charge is -2.15. The molecule has 0 N–H and O–H groups in total. The van der Waals surface area contributed by atoms with Gasteiger partial charge in [0.2, 0.25) is 0 Å². The Morgan fingerprint density at radius 1 is 1.00 bits per heavy atom. The average Bonchev–Trinajstić information content (AvgIpc) is 2.42. The normalized spacial score (nSPS) is 12.3. The largest absolute Gasteiger partial charge is 0.496 e. The van der Waals surface area contributed by atoms with Gasteiger partial charge in [0.25, 0.3) is 0 Å². The third-order valence-corrected chi connectivity index (χ3v) is 3.54. The number of halogens is 5. The van der Waals surface area contributed by atoms with Crippen molar-refractivity contribution in [1.82, 2.24) is 0 Å². The van der Waals surface area contributed by atoms with Gasteiger partial charge in [-0.05, 0) is 30.3 Å². The molecule has 0 aliphatic carbocycles. The maximum atomic E-state index is 13.8. The average molecular weight is 321 g/mol. The van der Waals surface area contributed by atoms with Gasteiger partial charge in [0.05, 0.1) is 17.5 Å². The van der Waals surface area contributed by atoms with E-state index in [1.807, 2.05) is 0 Å². The third kappa shape index (κ3) is 2.86. The van der Waals surface area contributed by atoms with Gasteiger partial charge in [-0.3, -0.25) is 0 Å². The highest BCUT2D eigenvalue weighted by molar-refractivity contribution is 6.30. The SMILES string of the molecule is COc1ccc(F)cc1C(Cl)c1cc(F)c(Cl)cc1F. The first kappa shape index (κ1) is 15.0. The highest BCUT2D eigenvalue weighted by atomic mass is 35.5. The summed E-state index contributed by atoms with van der Waals surface area (Å²) in [4.78, 5) is 0. The smallest absolute Gasteiger partial charge is 0.142 e. The van der Waals surface area contributed by atoms with Crippen LogP contribution in [0.4, 0.5) is 13.2 Å². The molecule has 0 bridgehead atoms. The molecule has 0 spiro atoms. The topological polar surface area (TPSA) is 9.23 Å². The van der Waals surface area contributed by atoms with E-state index in [9.17, 15) is 13.2 Å². The lowest BCUT2D eigenvalue weighted by molar-refractivity contribution is 0.408. The molecular formula is C14H9Cl2F3O. The summed E-state index contributed by atoms with van der Waals surface area (Å²) in [5.74, 6) is -1.85. The predicted molar refractivity (Wildman–Crippen MR) is 72.0 cm³/mol. The molecule has 0 fully saturated rings. The van der Waals surface area contributed by atoms with E-state index in [4.69, 9.17) is 27.9 Å². The van der Waals surface area contributed by atoms with Crippen molar-refractivity contribution in [2.45, 2.75) is 5.38 Å². The second-order valence-corrected chi connectivity index (χ2v) is 4.88. The zero-order valence-corrected chi connectivity index (χ0v) is 11.8. The third-order valence-electron chi connectivity index (χ3n) is 2.78. The highest BCUT2D eigenvalue weighted by Crippen LogP contribution is 2.37. The molecule has 0 saturated carbocycles. The van der Waals surface area contributed by atoms with E-state index in [0.29, 0.717) is 0 Å². The molecule has 2 aromatic rings. The maximum absolute atomic E-state index is 13.8. The second kappa shape index (κ2) is 5.94. The van der Waals surface area contributed by atoms with E-state index < -0.39 is 22.8 Å². The summed E-state index contributed by atoms with van der Waals surface area (Å²) in [5, 5.41) is -1.45. The summed E-state index contributed by atoms with van der Waals surface area (Å²) in [6.07, 6.45) is 0. The summed E-state index contributed by atoms with van der Waals surface area (Å²) in [5.41, 5.74) is 0.0623. The summed E-state index contributed by atoms with van der Waals surface area (Å²) >= 11 is 11.6. The van der Waals surface area contributed by atoms with Crippen LogP contribution in [-0.4, -0.2) is 7.11 Å². The molecule has 1 atom stereocenters. The fraction of sp³-hybridized carbons (Fsp3) is 0.143. The van der Waals surface area contributed by atoms with E-state index >= 15 is 0 Å². The van der Waals surface area contributed by atoms with Crippen LogP contribution in [0.5, 0.6) is 5.75 Å². The van der Waals surface area contributed by atoms with Gasteiger partial charge in [-0.1, -0.05) is 11.6 Å². The molecule has 0 aliphatic rings. The molecule has 0 aliphatic heterocycles. The quantitative estimate of drug-likeness (QED) is 0.565. The minimum absolute atomic E-state index is 0.141. The fourth-order valence-electron chi connectivity index (χ4n) is 1.80. The van der Waals surface area contributed by atoms with Crippen LogP contribution < -0.4 is 4.74 Å². The van der Waals surface area contributed by atoms with Gasteiger partial charge in [-0.2, -0.15) is 0 Å². The molecule has 0 aromatic heterocycles. The minimum atomic E-state index is -1.10. The summed E-state index contributed by atoms with van der Waals surface area (Å²) in [6, 6.07) is 5.38. The molecule has 0 radical (unpaired) electrons. The number of ether oxygens (including phenoxy) is 1. The van der Waals surface area contributed by atoms with Crippen LogP contribution in [0.15, 0.2) is 30.3 Å². The second-order valence-electron chi connectivity index (χ2n) is 4.04. The maximum Gasteiger partial charge on any atom is 0.142 e. The van der Waals surface area contributed by atoms with E-state index in [1.165, 1.54) is 19.2 Å². The number of hydrogen-bond acceptors (Lipinski definition) is 1. The van der Waals surface area contributed by atoms with E-state index in [0.717, 1.165) is 18.2 Å². The van der Waals surface area contributed by atoms with Crippen molar-refractivity contribution >= 4 is 23.2 Å². The molecule has 6 heteroatoms. The van der Waals surface area contributed by atoms with Crippen molar-refractivity contribution in [2.24, 2.45) is 0 Å². The Bertz CT molecular complexity index is 647. The summed E-state index contributed by atoms with van der Waals surface area (Å²) in [7, 11) is 1.37. The first-order valence-corrected chi connectivity index (χ1v) is 6.37. The van der Waals surface area contributed by atoms with Gasteiger partial charge in [-0.25, -0.2) is 13.2 Å². The Kier molecular flexibility index (Phi) is 4.45. The Hall–Kier alpha value is -1.39. The van der Waals surface area contributed by atoms with Gasteiger partial charge >= 0.3 is 0 Å². The standard InChI is InChI=1S/C14H9Cl2F3O/c1-20-13-3-2-7(17)4-9(13)14(16)8-5-12(19)10(15)6-11(8)18/h2-6,14H,1H3. The Labute approximate surface area is 123 Å². The van der Waals surface area contributed by atoms with Crippen molar-refractivity contribution in [3.05, 3.63) is 63.9 Å². The first-order valence-electron chi connectivity index (χ1n) is 5.56. The number of rotatable bonds is 3. The molecule has 1 unspecified atom stereocenters. The highest BCUT2D eigenvalue weighted by Gasteiger charge is 2.21. The Balaban J connectivity index is 2.54. The van der Waals surface area contributed by atoms with Gasteiger partial charge in [0, 0.05) is 11.1 Å². The Morgan fingerprint density at radius 3 is 2.35 bits per heavy atom.